The molecule has 37 heavy (non-hydrogen) atoms. The fourth-order valence-corrected chi connectivity index (χ4v) is 5.79. The lowest BCUT2D eigenvalue weighted by atomic mass is 9.49. The van der Waals surface area contributed by atoms with Crippen LogP contribution in [0.5, 0.6) is 5.75 Å². The van der Waals surface area contributed by atoms with Crippen molar-refractivity contribution in [2.45, 2.75) is 58.8 Å². The van der Waals surface area contributed by atoms with E-state index in [1.165, 1.54) is 12.4 Å². The largest absolute Gasteiger partial charge is 0.489 e. The van der Waals surface area contributed by atoms with E-state index in [2.05, 4.69) is 59.7 Å². The fraction of sp³-hybridized carbons (Fsp3) is 0.500. The van der Waals surface area contributed by atoms with Gasteiger partial charge in [0.2, 0.25) is 5.82 Å². The number of aromatic nitrogens is 2. The second-order valence-electron chi connectivity index (χ2n) is 10.9. The molecule has 1 saturated carbocycles. The number of β-amino-alcohol motifs (C(OH)–C–C–N with tert-alkyl or cyclic N) is 1. The maximum absolute atomic E-state index is 13.0. The summed E-state index contributed by atoms with van der Waals surface area (Å²) in [6.45, 7) is 10.6. The number of likely N-dealkylation sites (tertiary alicyclic amines) is 1. The Kier molecular flexibility index (Phi) is 7.75. The highest BCUT2D eigenvalue weighted by atomic mass is 35.5. The van der Waals surface area contributed by atoms with Gasteiger partial charge in [0.25, 0.3) is 5.91 Å². The van der Waals surface area contributed by atoms with Crippen LogP contribution < -0.4 is 10.1 Å². The number of carbonyl (C=O) groups is 1. The molecule has 194 valence electrons. The van der Waals surface area contributed by atoms with Gasteiger partial charge < -0.3 is 15.2 Å². The number of nitrogens with zero attached hydrogens (tertiary/aromatic N) is 4. The number of nitriles is 1. The lowest BCUT2D eigenvalue weighted by Gasteiger charge is -2.63. The van der Waals surface area contributed by atoms with Crippen molar-refractivity contribution < 1.29 is 14.6 Å². The van der Waals surface area contributed by atoms with Crippen LogP contribution in [-0.2, 0) is 0 Å². The van der Waals surface area contributed by atoms with Crippen LogP contribution in [0.3, 0.4) is 0 Å². The first kappa shape index (κ1) is 26.9. The molecule has 9 heteroatoms. The highest BCUT2D eigenvalue weighted by Gasteiger charge is 2.64. The molecule has 0 atom stereocenters. The first-order valence-electron chi connectivity index (χ1n) is 12.4. The van der Waals surface area contributed by atoms with Gasteiger partial charge in [-0.05, 0) is 31.0 Å². The number of unbranched alkanes of at least 4 members (excludes halogenated alkanes) is 1. The van der Waals surface area contributed by atoms with Gasteiger partial charge in [-0.25, -0.2) is 9.97 Å². The Morgan fingerprint density at radius 2 is 1.92 bits per heavy atom. The molecular formula is C28H32ClN5O3. The standard InChI is InChI=1S/C28H32ClN5O3/c1-27(2)25(28(3,4)26(27)37-21-10-9-18(13-30)22(29)12-21)33-24(36)19-14-31-23(32-15-19)8-6-5-7-11-34-16-20(35)17-34/h9-10,12,14-15,20,25-26,35H,5,7,11,16-17H2,1-4H3,(H,33,36). The van der Waals surface area contributed by atoms with E-state index in [4.69, 9.17) is 21.6 Å². The van der Waals surface area contributed by atoms with Crippen LogP contribution in [-0.4, -0.2) is 63.8 Å². The summed E-state index contributed by atoms with van der Waals surface area (Å²) in [4.78, 5) is 23.7. The second kappa shape index (κ2) is 10.7. The summed E-state index contributed by atoms with van der Waals surface area (Å²) < 4.78 is 6.28. The Bertz CT molecular complexity index is 1240. The van der Waals surface area contributed by atoms with Gasteiger partial charge in [0.15, 0.2) is 0 Å². The van der Waals surface area contributed by atoms with Crippen molar-refractivity contribution in [2.75, 3.05) is 19.6 Å². The fourth-order valence-electron chi connectivity index (χ4n) is 5.58. The molecule has 2 heterocycles. The van der Waals surface area contributed by atoms with Gasteiger partial charge in [0, 0.05) is 54.8 Å². The van der Waals surface area contributed by atoms with Gasteiger partial charge in [-0.15, -0.1) is 0 Å². The summed E-state index contributed by atoms with van der Waals surface area (Å²) in [5, 5.41) is 21.9. The van der Waals surface area contributed by atoms with Crippen LogP contribution in [0.15, 0.2) is 30.6 Å². The van der Waals surface area contributed by atoms with Crippen LogP contribution in [0.2, 0.25) is 5.02 Å². The molecule has 2 aliphatic rings. The van der Waals surface area contributed by atoms with Gasteiger partial charge in [-0.3, -0.25) is 9.69 Å². The summed E-state index contributed by atoms with van der Waals surface area (Å²) in [6, 6.07) is 6.92. The maximum atomic E-state index is 13.0. The molecule has 1 aliphatic heterocycles. The summed E-state index contributed by atoms with van der Waals surface area (Å²) in [5.74, 6) is 6.74. The summed E-state index contributed by atoms with van der Waals surface area (Å²) in [6.07, 6.45) is 4.28. The smallest absolute Gasteiger partial charge is 0.254 e. The lowest BCUT2D eigenvalue weighted by Crippen LogP contribution is -2.74. The molecule has 1 aromatic carbocycles. The van der Waals surface area contributed by atoms with E-state index in [0.29, 0.717) is 27.7 Å². The van der Waals surface area contributed by atoms with E-state index in [9.17, 15) is 9.90 Å². The minimum atomic E-state index is -0.361. The Hall–Kier alpha value is -3.17. The van der Waals surface area contributed by atoms with Crippen molar-refractivity contribution in [1.82, 2.24) is 20.2 Å². The van der Waals surface area contributed by atoms with Crippen LogP contribution in [0, 0.1) is 34.0 Å². The number of halogens is 1. The third kappa shape index (κ3) is 5.72. The predicted molar refractivity (Wildman–Crippen MR) is 140 cm³/mol. The van der Waals surface area contributed by atoms with Crippen molar-refractivity contribution in [2.24, 2.45) is 10.8 Å². The normalized spacial score (nSPS) is 22.0. The van der Waals surface area contributed by atoms with E-state index in [0.717, 1.165) is 32.5 Å². The molecule has 0 unspecified atom stereocenters. The van der Waals surface area contributed by atoms with E-state index < -0.39 is 0 Å². The van der Waals surface area contributed by atoms with E-state index in [1.807, 2.05) is 6.07 Å². The third-order valence-electron chi connectivity index (χ3n) is 7.26. The molecule has 0 radical (unpaired) electrons. The minimum Gasteiger partial charge on any atom is -0.489 e. The molecular weight excluding hydrogens is 490 g/mol. The number of rotatable bonds is 7. The molecule has 2 fully saturated rings. The number of hydrogen-bond donors (Lipinski definition) is 2. The zero-order valence-corrected chi connectivity index (χ0v) is 22.3. The van der Waals surface area contributed by atoms with Crippen LogP contribution in [0.25, 0.3) is 0 Å². The van der Waals surface area contributed by atoms with E-state index >= 15 is 0 Å². The Balaban J connectivity index is 1.32. The number of aliphatic hydroxyl groups is 1. The molecule has 2 N–H and O–H groups in total. The molecule has 1 saturated heterocycles. The van der Waals surface area contributed by atoms with Crippen LogP contribution in [0.1, 0.15) is 62.3 Å². The van der Waals surface area contributed by atoms with Crippen molar-refractivity contribution in [3.8, 4) is 23.7 Å². The highest BCUT2D eigenvalue weighted by molar-refractivity contribution is 6.31. The first-order chi connectivity index (χ1) is 17.5. The van der Waals surface area contributed by atoms with Gasteiger partial charge in [-0.1, -0.05) is 45.2 Å². The van der Waals surface area contributed by atoms with Crippen molar-refractivity contribution >= 4 is 17.5 Å². The number of ether oxygens (including phenoxy) is 1. The van der Waals surface area contributed by atoms with Crippen molar-refractivity contribution in [1.29, 1.82) is 5.26 Å². The van der Waals surface area contributed by atoms with Gasteiger partial charge in [0.05, 0.1) is 22.3 Å². The number of benzene rings is 1. The monoisotopic (exact) mass is 521 g/mol. The SMILES string of the molecule is CC1(C)C(NC(=O)c2cnc(C#CCCCN3CC(O)C3)nc2)C(C)(C)C1Oc1ccc(C#N)c(Cl)c1. The average molecular weight is 522 g/mol. The molecule has 0 bridgehead atoms. The van der Waals surface area contributed by atoms with Crippen molar-refractivity contribution in [3.05, 3.63) is 52.6 Å². The van der Waals surface area contributed by atoms with Crippen LogP contribution >= 0.6 is 11.6 Å². The third-order valence-corrected chi connectivity index (χ3v) is 7.57. The number of nitrogens with one attached hydrogen (secondary N) is 1. The number of aliphatic hydroxyl groups excluding tert-OH is 1. The molecule has 1 aliphatic carbocycles. The van der Waals surface area contributed by atoms with E-state index in [-0.39, 0.29) is 35.0 Å². The summed E-state index contributed by atoms with van der Waals surface area (Å²) in [5.41, 5.74) is 0.0470. The van der Waals surface area contributed by atoms with Crippen molar-refractivity contribution in [3.63, 3.8) is 0 Å². The van der Waals surface area contributed by atoms with Crippen LogP contribution in [0.4, 0.5) is 0 Å². The summed E-state index contributed by atoms with van der Waals surface area (Å²) >= 11 is 6.17. The molecule has 1 aromatic heterocycles. The van der Waals surface area contributed by atoms with Gasteiger partial charge in [-0.2, -0.15) is 5.26 Å². The molecule has 0 spiro atoms. The molecule has 8 nitrogen and oxygen atoms in total. The quantitative estimate of drug-likeness (QED) is 0.424. The zero-order valence-electron chi connectivity index (χ0n) is 21.6. The molecule has 4 rings (SSSR count). The topological polar surface area (TPSA) is 111 Å². The van der Waals surface area contributed by atoms with Gasteiger partial charge in [0.1, 0.15) is 17.9 Å². The maximum Gasteiger partial charge on any atom is 0.254 e. The second-order valence-corrected chi connectivity index (χ2v) is 11.3. The molecule has 1 amide bonds. The number of hydrogen-bond acceptors (Lipinski definition) is 7. The minimum absolute atomic E-state index is 0.154. The Labute approximate surface area is 223 Å². The molecule has 2 aromatic rings. The Morgan fingerprint density at radius 1 is 1.24 bits per heavy atom. The number of amides is 1. The predicted octanol–water partition coefficient (Wildman–Crippen LogP) is 3.42. The Morgan fingerprint density at radius 3 is 2.51 bits per heavy atom. The number of carbonyl (C=O) groups excluding carboxylic acids is 1. The van der Waals surface area contributed by atoms with E-state index in [1.54, 1.807) is 18.2 Å². The highest BCUT2D eigenvalue weighted by Crippen LogP contribution is 2.55. The first-order valence-corrected chi connectivity index (χ1v) is 12.8. The summed E-state index contributed by atoms with van der Waals surface area (Å²) in [7, 11) is 0. The van der Waals surface area contributed by atoms with Gasteiger partial charge >= 0.3 is 0 Å². The zero-order chi connectivity index (χ0) is 26.8. The average Bonchev–Trinajstić information content (AvgIpc) is 2.84. The lowest BCUT2D eigenvalue weighted by molar-refractivity contribution is -0.164.